The monoisotopic (exact) mass is 456 g/mol. The number of nitrogens with zero attached hydrogens (tertiary/aromatic N) is 5. The van der Waals surface area contributed by atoms with Crippen molar-refractivity contribution in [1.29, 1.82) is 0 Å². The van der Waals surface area contributed by atoms with E-state index < -0.39 is 0 Å². The normalized spacial score (nSPS) is 14.8. The Balaban J connectivity index is 1.44. The summed E-state index contributed by atoms with van der Waals surface area (Å²) in [4.78, 5) is 18.6. The largest absolute Gasteiger partial charge is 0.322 e. The molecule has 4 aromatic rings. The predicted molar refractivity (Wildman–Crippen MR) is 134 cm³/mol. The van der Waals surface area contributed by atoms with Crippen LogP contribution in [0.15, 0.2) is 53.3 Å². The molecule has 0 saturated heterocycles. The van der Waals surface area contributed by atoms with E-state index in [0.717, 1.165) is 46.3 Å². The standard InChI is InChI=1S/C27H32N6O/c1-19-13-20(2)24-15-22(27(34)28-25(24)14-19)17-32(23-11-7-4-8-12-23)18-26-29-30-31-33(26)16-21-9-5-3-6-10-21/h3,5-6,9-10,13-15,23H,4,7-8,11-12,16-18H2,1-2H3,(H,28,34). The zero-order valence-electron chi connectivity index (χ0n) is 20.0. The predicted octanol–water partition coefficient (Wildman–Crippen LogP) is 4.51. The third kappa shape index (κ3) is 4.94. The summed E-state index contributed by atoms with van der Waals surface area (Å²) in [6.07, 6.45) is 6.02. The minimum absolute atomic E-state index is 0.0119. The van der Waals surface area contributed by atoms with Gasteiger partial charge in [0.1, 0.15) is 0 Å². The molecule has 1 fully saturated rings. The summed E-state index contributed by atoms with van der Waals surface area (Å²) in [7, 11) is 0. The van der Waals surface area contributed by atoms with Crippen LogP contribution in [0.4, 0.5) is 0 Å². The molecule has 176 valence electrons. The van der Waals surface area contributed by atoms with Gasteiger partial charge in [-0.25, -0.2) is 4.68 Å². The molecule has 0 bridgehead atoms. The van der Waals surface area contributed by atoms with E-state index >= 15 is 0 Å². The van der Waals surface area contributed by atoms with E-state index in [1.54, 1.807) is 0 Å². The van der Waals surface area contributed by atoms with Gasteiger partial charge >= 0.3 is 0 Å². The molecule has 0 atom stereocenters. The molecule has 34 heavy (non-hydrogen) atoms. The third-order valence-corrected chi connectivity index (χ3v) is 6.98. The molecular weight excluding hydrogens is 424 g/mol. The van der Waals surface area contributed by atoms with Crippen molar-refractivity contribution in [3.8, 4) is 0 Å². The smallest absolute Gasteiger partial charge is 0.252 e. The summed E-state index contributed by atoms with van der Waals surface area (Å²) in [6.45, 7) is 6.00. The maximum absolute atomic E-state index is 13.1. The van der Waals surface area contributed by atoms with Crippen molar-refractivity contribution in [2.75, 3.05) is 0 Å². The first kappa shape index (κ1) is 22.5. The molecule has 0 amide bonds. The Hall–Kier alpha value is -3.32. The minimum Gasteiger partial charge on any atom is -0.322 e. The van der Waals surface area contributed by atoms with Crippen LogP contribution in [0.3, 0.4) is 0 Å². The molecule has 1 N–H and O–H groups in total. The molecule has 1 aliphatic rings. The van der Waals surface area contributed by atoms with Crippen LogP contribution >= 0.6 is 0 Å². The molecule has 2 aromatic carbocycles. The number of tetrazole rings is 1. The van der Waals surface area contributed by atoms with Crippen LogP contribution < -0.4 is 5.56 Å². The molecule has 1 aliphatic carbocycles. The van der Waals surface area contributed by atoms with Crippen molar-refractivity contribution in [2.45, 2.75) is 71.6 Å². The average molecular weight is 457 g/mol. The summed E-state index contributed by atoms with van der Waals surface area (Å²) in [6, 6.07) is 17.0. The molecule has 7 nitrogen and oxygen atoms in total. The lowest BCUT2D eigenvalue weighted by Crippen LogP contribution is -2.38. The topological polar surface area (TPSA) is 79.7 Å². The molecule has 1 saturated carbocycles. The van der Waals surface area contributed by atoms with Gasteiger partial charge in [0.15, 0.2) is 5.82 Å². The second kappa shape index (κ2) is 9.89. The average Bonchev–Trinajstić information content (AvgIpc) is 3.27. The Morgan fingerprint density at radius 3 is 2.62 bits per heavy atom. The van der Waals surface area contributed by atoms with Gasteiger partial charge in [-0.05, 0) is 65.9 Å². The van der Waals surface area contributed by atoms with Gasteiger partial charge < -0.3 is 4.98 Å². The number of aromatic amines is 1. The fourth-order valence-corrected chi connectivity index (χ4v) is 5.21. The molecule has 0 aliphatic heterocycles. The third-order valence-electron chi connectivity index (χ3n) is 6.98. The number of nitrogens with one attached hydrogen (secondary N) is 1. The van der Waals surface area contributed by atoms with Crippen LogP contribution in [0.5, 0.6) is 0 Å². The van der Waals surface area contributed by atoms with Crippen molar-refractivity contribution >= 4 is 10.9 Å². The van der Waals surface area contributed by atoms with Crippen LogP contribution in [0.1, 0.15) is 60.2 Å². The number of hydrogen-bond donors (Lipinski definition) is 1. The summed E-state index contributed by atoms with van der Waals surface area (Å²) in [5.74, 6) is 0.832. The van der Waals surface area contributed by atoms with Crippen LogP contribution in [0, 0.1) is 13.8 Å². The molecule has 2 heterocycles. The molecule has 0 unspecified atom stereocenters. The number of aromatic nitrogens is 5. The van der Waals surface area contributed by atoms with Crippen molar-refractivity contribution in [1.82, 2.24) is 30.1 Å². The Bertz CT molecular complexity index is 1320. The summed E-state index contributed by atoms with van der Waals surface area (Å²) in [5, 5.41) is 13.7. The highest BCUT2D eigenvalue weighted by Gasteiger charge is 2.24. The number of H-pyrrole nitrogens is 1. The zero-order valence-corrected chi connectivity index (χ0v) is 20.0. The first-order valence-corrected chi connectivity index (χ1v) is 12.2. The Morgan fingerprint density at radius 1 is 1.03 bits per heavy atom. The summed E-state index contributed by atoms with van der Waals surface area (Å²) < 4.78 is 1.88. The number of rotatable bonds is 7. The van der Waals surface area contributed by atoms with E-state index in [4.69, 9.17) is 0 Å². The molecule has 0 spiro atoms. The lowest BCUT2D eigenvalue weighted by molar-refractivity contribution is 0.134. The van der Waals surface area contributed by atoms with Crippen LogP contribution in [0.25, 0.3) is 10.9 Å². The Kier molecular flexibility index (Phi) is 6.54. The second-order valence-electron chi connectivity index (χ2n) is 9.60. The first-order chi connectivity index (χ1) is 16.6. The fraction of sp³-hybridized carbons (Fsp3) is 0.407. The van der Waals surface area contributed by atoms with E-state index in [0.29, 0.717) is 25.7 Å². The van der Waals surface area contributed by atoms with Crippen molar-refractivity contribution < 1.29 is 0 Å². The van der Waals surface area contributed by atoms with E-state index in [2.05, 4.69) is 63.5 Å². The van der Waals surface area contributed by atoms with Crippen LogP contribution in [-0.4, -0.2) is 36.1 Å². The van der Waals surface area contributed by atoms with Gasteiger partial charge in [0, 0.05) is 29.1 Å². The highest BCUT2D eigenvalue weighted by atomic mass is 16.1. The quantitative estimate of drug-likeness (QED) is 0.442. The van der Waals surface area contributed by atoms with Gasteiger partial charge in [-0.2, -0.15) is 0 Å². The van der Waals surface area contributed by atoms with E-state index in [1.807, 2.05) is 28.9 Å². The van der Waals surface area contributed by atoms with Gasteiger partial charge in [-0.3, -0.25) is 9.69 Å². The Labute approximate surface area is 199 Å². The molecule has 2 aromatic heterocycles. The first-order valence-electron chi connectivity index (χ1n) is 12.2. The number of fused-ring (bicyclic) bond motifs is 1. The van der Waals surface area contributed by atoms with Gasteiger partial charge in [-0.1, -0.05) is 55.7 Å². The van der Waals surface area contributed by atoms with Gasteiger partial charge in [0.25, 0.3) is 5.56 Å². The highest BCUT2D eigenvalue weighted by molar-refractivity contribution is 5.83. The number of aryl methyl sites for hydroxylation is 2. The molecule has 7 heteroatoms. The van der Waals surface area contributed by atoms with Crippen molar-refractivity contribution in [3.05, 3.63) is 87.0 Å². The highest BCUT2D eigenvalue weighted by Crippen LogP contribution is 2.26. The van der Waals surface area contributed by atoms with Gasteiger partial charge in [0.05, 0.1) is 13.1 Å². The SMILES string of the molecule is Cc1cc(C)c2cc(CN(Cc3nnnn3Cc3ccccc3)C3CCCCC3)c(=O)[nH]c2c1. The van der Waals surface area contributed by atoms with E-state index in [1.165, 1.54) is 24.8 Å². The molecular formula is C27H32N6O. The van der Waals surface area contributed by atoms with Gasteiger partial charge in [-0.15, -0.1) is 5.10 Å². The second-order valence-corrected chi connectivity index (χ2v) is 9.60. The molecule has 0 radical (unpaired) electrons. The van der Waals surface area contributed by atoms with E-state index in [9.17, 15) is 4.79 Å². The van der Waals surface area contributed by atoms with Crippen molar-refractivity contribution in [3.63, 3.8) is 0 Å². The number of benzene rings is 2. The minimum atomic E-state index is -0.0119. The number of hydrogen-bond acceptors (Lipinski definition) is 5. The summed E-state index contributed by atoms with van der Waals surface area (Å²) >= 11 is 0. The molecule has 5 rings (SSSR count). The Morgan fingerprint density at radius 2 is 1.82 bits per heavy atom. The lowest BCUT2D eigenvalue weighted by Gasteiger charge is -2.33. The van der Waals surface area contributed by atoms with E-state index in [-0.39, 0.29) is 5.56 Å². The van der Waals surface area contributed by atoms with Crippen LogP contribution in [-0.2, 0) is 19.6 Å². The maximum Gasteiger partial charge on any atom is 0.252 e. The number of pyridine rings is 1. The zero-order chi connectivity index (χ0) is 23.5. The van der Waals surface area contributed by atoms with Gasteiger partial charge in [0.2, 0.25) is 0 Å². The van der Waals surface area contributed by atoms with Crippen molar-refractivity contribution in [2.24, 2.45) is 0 Å². The maximum atomic E-state index is 13.1. The fourth-order valence-electron chi connectivity index (χ4n) is 5.21. The lowest BCUT2D eigenvalue weighted by atomic mass is 9.93. The summed E-state index contributed by atoms with van der Waals surface area (Å²) in [5.41, 5.74) is 5.19. The van der Waals surface area contributed by atoms with Crippen LogP contribution in [0.2, 0.25) is 0 Å².